The molecule has 86 valence electrons. The fourth-order valence-corrected chi connectivity index (χ4v) is 1.63. The molecule has 0 aliphatic rings. The Labute approximate surface area is 91.9 Å². The van der Waals surface area contributed by atoms with Gasteiger partial charge < -0.3 is 10.3 Å². The van der Waals surface area contributed by atoms with Crippen LogP contribution in [0.25, 0.3) is 0 Å². The summed E-state index contributed by atoms with van der Waals surface area (Å²) in [6, 6.07) is 0.361. The molecule has 0 aromatic carbocycles. The van der Waals surface area contributed by atoms with Gasteiger partial charge in [0.1, 0.15) is 11.6 Å². The average molecular weight is 210 g/mol. The van der Waals surface area contributed by atoms with Gasteiger partial charge in [0.2, 0.25) is 0 Å². The van der Waals surface area contributed by atoms with Crippen molar-refractivity contribution >= 4 is 0 Å². The molecule has 0 unspecified atom stereocenters. The van der Waals surface area contributed by atoms with Crippen LogP contribution < -0.4 is 5.73 Å². The molecule has 15 heavy (non-hydrogen) atoms. The molecule has 0 aliphatic heterocycles. The van der Waals surface area contributed by atoms with E-state index in [0.717, 1.165) is 18.1 Å². The molecule has 0 saturated carbocycles. The van der Waals surface area contributed by atoms with E-state index in [1.165, 1.54) is 0 Å². The van der Waals surface area contributed by atoms with Crippen LogP contribution in [-0.4, -0.2) is 14.8 Å². The molecule has 0 saturated heterocycles. The second-order valence-electron chi connectivity index (χ2n) is 4.85. The number of nitrogens with two attached hydrogens (primary N) is 1. The molecule has 4 nitrogen and oxygen atoms in total. The van der Waals surface area contributed by atoms with Gasteiger partial charge in [0.25, 0.3) is 0 Å². The highest BCUT2D eigenvalue weighted by molar-refractivity contribution is 5.08. The molecule has 1 aromatic heterocycles. The first kappa shape index (κ1) is 12.2. The molecule has 2 N–H and O–H groups in total. The van der Waals surface area contributed by atoms with Crippen LogP contribution in [0.4, 0.5) is 0 Å². The van der Waals surface area contributed by atoms with Gasteiger partial charge in [-0.1, -0.05) is 20.8 Å². The number of hydrogen-bond acceptors (Lipinski definition) is 3. The molecule has 0 amide bonds. The van der Waals surface area contributed by atoms with E-state index < -0.39 is 0 Å². The van der Waals surface area contributed by atoms with E-state index in [2.05, 4.69) is 49.4 Å². The first-order valence-electron chi connectivity index (χ1n) is 5.58. The lowest BCUT2D eigenvalue weighted by molar-refractivity contribution is 0.419. The maximum absolute atomic E-state index is 5.66. The number of aromatic nitrogens is 3. The topological polar surface area (TPSA) is 56.7 Å². The maximum atomic E-state index is 5.66. The molecule has 0 spiro atoms. The minimum Gasteiger partial charge on any atom is -0.324 e. The summed E-state index contributed by atoms with van der Waals surface area (Å²) in [5.74, 6) is 1.92. The van der Waals surface area contributed by atoms with Gasteiger partial charge in [-0.25, -0.2) is 0 Å². The molecule has 0 radical (unpaired) electrons. The van der Waals surface area contributed by atoms with Crippen molar-refractivity contribution in [1.82, 2.24) is 14.8 Å². The molecule has 0 bridgehead atoms. The zero-order chi connectivity index (χ0) is 11.6. The number of nitrogens with zero attached hydrogens (tertiary/aromatic N) is 3. The normalized spacial score (nSPS) is 12.5. The Bertz CT molecular complexity index is 325. The SMILES string of the molecule is CCC(C)(C)c1nnc(CN)n1C(C)C. The minimum absolute atomic E-state index is 0.0602. The highest BCUT2D eigenvalue weighted by atomic mass is 15.3. The molecular weight excluding hydrogens is 188 g/mol. The van der Waals surface area contributed by atoms with Crippen molar-refractivity contribution in [2.24, 2.45) is 5.73 Å². The smallest absolute Gasteiger partial charge is 0.147 e. The van der Waals surface area contributed by atoms with Crippen molar-refractivity contribution in [3.8, 4) is 0 Å². The summed E-state index contributed by atoms with van der Waals surface area (Å²) < 4.78 is 2.16. The minimum atomic E-state index is 0.0602. The summed E-state index contributed by atoms with van der Waals surface area (Å²) in [6.45, 7) is 11.3. The second-order valence-corrected chi connectivity index (χ2v) is 4.85. The van der Waals surface area contributed by atoms with Gasteiger partial charge in [-0.15, -0.1) is 10.2 Å². The first-order valence-corrected chi connectivity index (χ1v) is 5.58. The van der Waals surface area contributed by atoms with Crippen LogP contribution in [0.15, 0.2) is 0 Å². The van der Waals surface area contributed by atoms with Gasteiger partial charge >= 0.3 is 0 Å². The van der Waals surface area contributed by atoms with Gasteiger partial charge in [0, 0.05) is 11.5 Å². The molecule has 0 fully saturated rings. The predicted octanol–water partition coefficient (Wildman–Crippen LogP) is 2.01. The molecule has 0 aliphatic carbocycles. The lowest BCUT2D eigenvalue weighted by atomic mass is 9.89. The van der Waals surface area contributed by atoms with E-state index in [1.807, 2.05) is 0 Å². The number of hydrogen-bond donors (Lipinski definition) is 1. The van der Waals surface area contributed by atoms with Crippen LogP contribution in [0.2, 0.25) is 0 Å². The Morgan fingerprint density at radius 1 is 1.33 bits per heavy atom. The third-order valence-electron chi connectivity index (χ3n) is 2.95. The largest absolute Gasteiger partial charge is 0.324 e. The zero-order valence-electron chi connectivity index (χ0n) is 10.4. The van der Waals surface area contributed by atoms with E-state index in [9.17, 15) is 0 Å². The van der Waals surface area contributed by atoms with Crippen molar-refractivity contribution < 1.29 is 0 Å². The Morgan fingerprint density at radius 2 is 1.93 bits per heavy atom. The lowest BCUT2D eigenvalue weighted by Gasteiger charge is -2.24. The molecule has 1 aromatic rings. The van der Waals surface area contributed by atoms with Gasteiger partial charge in [-0.2, -0.15) is 0 Å². The third-order valence-corrected chi connectivity index (χ3v) is 2.95. The van der Waals surface area contributed by atoms with E-state index in [0.29, 0.717) is 12.6 Å². The van der Waals surface area contributed by atoms with E-state index in [1.54, 1.807) is 0 Å². The van der Waals surface area contributed by atoms with Crippen LogP contribution in [0, 0.1) is 0 Å². The van der Waals surface area contributed by atoms with Gasteiger partial charge in [-0.05, 0) is 20.3 Å². The Hall–Kier alpha value is -0.900. The summed E-state index contributed by atoms with van der Waals surface area (Å²) in [4.78, 5) is 0. The summed E-state index contributed by atoms with van der Waals surface area (Å²) in [6.07, 6.45) is 1.04. The Kier molecular flexibility index (Phi) is 3.50. The van der Waals surface area contributed by atoms with E-state index in [4.69, 9.17) is 5.73 Å². The van der Waals surface area contributed by atoms with Crippen LogP contribution in [-0.2, 0) is 12.0 Å². The van der Waals surface area contributed by atoms with E-state index >= 15 is 0 Å². The van der Waals surface area contributed by atoms with Crippen LogP contribution in [0.1, 0.15) is 58.7 Å². The van der Waals surface area contributed by atoms with E-state index in [-0.39, 0.29) is 5.41 Å². The quantitative estimate of drug-likeness (QED) is 0.827. The second kappa shape index (κ2) is 4.31. The van der Waals surface area contributed by atoms with Gasteiger partial charge in [-0.3, -0.25) is 0 Å². The summed E-state index contributed by atoms with van der Waals surface area (Å²) in [5.41, 5.74) is 5.72. The fraction of sp³-hybridized carbons (Fsp3) is 0.818. The predicted molar refractivity (Wildman–Crippen MR) is 61.6 cm³/mol. The fourth-order valence-electron chi connectivity index (χ4n) is 1.63. The van der Waals surface area contributed by atoms with Crippen molar-refractivity contribution in [1.29, 1.82) is 0 Å². The molecule has 1 rings (SSSR count). The Balaban J connectivity index is 3.24. The number of rotatable bonds is 4. The zero-order valence-corrected chi connectivity index (χ0v) is 10.4. The van der Waals surface area contributed by atoms with Crippen molar-refractivity contribution in [2.45, 2.75) is 59.0 Å². The lowest BCUT2D eigenvalue weighted by Crippen LogP contribution is -2.24. The van der Waals surface area contributed by atoms with Crippen LogP contribution >= 0.6 is 0 Å². The van der Waals surface area contributed by atoms with Crippen molar-refractivity contribution in [3.05, 3.63) is 11.6 Å². The van der Waals surface area contributed by atoms with Gasteiger partial charge in [0.15, 0.2) is 0 Å². The maximum Gasteiger partial charge on any atom is 0.147 e. The average Bonchev–Trinajstić information content (AvgIpc) is 2.61. The summed E-state index contributed by atoms with van der Waals surface area (Å²) >= 11 is 0. The van der Waals surface area contributed by atoms with Crippen molar-refractivity contribution in [2.75, 3.05) is 0 Å². The van der Waals surface area contributed by atoms with Gasteiger partial charge in [0.05, 0.1) is 6.54 Å². The standard InChI is InChI=1S/C11H22N4/c1-6-11(4,5)10-14-13-9(7-12)15(10)8(2)3/h8H,6-7,12H2,1-5H3. The molecule has 1 heterocycles. The highest BCUT2D eigenvalue weighted by Gasteiger charge is 2.27. The summed E-state index contributed by atoms with van der Waals surface area (Å²) in [7, 11) is 0. The van der Waals surface area contributed by atoms with Crippen molar-refractivity contribution in [3.63, 3.8) is 0 Å². The monoisotopic (exact) mass is 210 g/mol. The Morgan fingerprint density at radius 3 is 2.33 bits per heavy atom. The first-order chi connectivity index (χ1) is 6.94. The third kappa shape index (κ3) is 2.20. The summed E-state index contributed by atoms with van der Waals surface area (Å²) in [5, 5.41) is 8.44. The highest BCUT2D eigenvalue weighted by Crippen LogP contribution is 2.27. The molecule has 0 atom stereocenters. The van der Waals surface area contributed by atoms with Crippen LogP contribution in [0.3, 0.4) is 0 Å². The molecule has 4 heteroatoms. The van der Waals surface area contributed by atoms with Crippen LogP contribution in [0.5, 0.6) is 0 Å². The molecular formula is C11H22N4.